The van der Waals surface area contributed by atoms with Gasteiger partial charge in [-0.1, -0.05) is 0 Å². The molecule has 1 atom stereocenters. The Labute approximate surface area is 59.8 Å². The number of hydrogen-bond acceptors (Lipinski definition) is 3. The van der Waals surface area contributed by atoms with Gasteiger partial charge in [-0.2, -0.15) is 0 Å². The highest BCUT2D eigenvalue weighted by Gasteiger charge is 2.18. The topological polar surface area (TPSA) is 52.9 Å². The molecule has 1 rings (SSSR count). The van der Waals surface area contributed by atoms with Gasteiger partial charge in [-0.3, -0.25) is 5.01 Å². The molecule has 0 aromatic rings. The zero-order valence-corrected chi connectivity index (χ0v) is 5.86. The molecule has 1 N–H and O–H groups in total. The standard InChI is InChI=1S/C6H12N2O2/c9-5-6-2-1-3-8(4-6)7-10/h6,9H,1-5H2. The van der Waals surface area contributed by atoms with Gasteiger partial charge >= 0.3 is 0 Å². The highest BCUT2D eigenvalue weighted by molar-refractivity contribution is 4.69. The Balaban J connectivity index is 2.31. The van der Waals surface area contributed by atoms with Crippen molar-refractivity contribution in [3.63, 3.8) is 0 Å². The molecule has 0 spiro atoms. The molecule has 1 aliphatic heterocycles. The van der Waals surface area contributed by atoms with Crippen molar-refractivity contribution in [1.82, 2.24) is 5.01 Å². The Kier molecular flexibility index (Phi) is 2.62. The maximum absolute atomic E-state index is 10.0. The lowest BCUT2D eigenvalue weighted by Gasteiger charge is -2.26. The fourth-order valence-electron chi connectivity index (χ4n) is 1.27. The van der Waals surface area contributed by atoms with Crippen LogP contribution in [0.25, 0.3) is 0 Å². The van der Waals surface area contributed by atoms with E-state index in [-0.39, 0.29) is 12.5 Å². The van der Waals surface area contributed by atoms with Crippen LogP contribution in [-0.2, 0) is 0 Å². The van der Waals surface area contributed by atoms with Crippen molar-refractivity contribution >= 4 is 0 Å². The molecular weight excluding hydrogens is 132 g/mol. The normalized spacial score (nSPS) is 26.5. The largest absolute Gasteiger partial charge is 0.396 e. The first kappa shape index (κ1) is 7.47. The van der Waals surface area contributed by atoms with E-state index in [2.05, 4.69) is 5.29 Å². The fourth-order valence-corrected chi connectivity index (χ4v) is 1.27. The first-order valence-corrected chi connectivity index (χ1v) is 3.56. The number of rotatable bonds is 2. The van der Waals surface area contributed by atoms with Crippen LogP contribution in [0.1, 0.15) is 12.8 Å². The Morgan fingerprint density at radius 3 is 3.10 bits per heavy atom. The maximum Gasteiger partial charge on any atom is 0.0524 e. The molecule has 1 aliphatic rings. The predicted molar refractivity (Wildman–Crippen MR) is 37.2 cm³/mol. The highest BCUT2D eigenvalue weighted by atomic mass is 16.3. The molecule has 0 aromatic heterocycles. The molecule has 0 saturated carbocycles. The van der Waals surface area contributed by atoms with Gasteiger partial charge in [0.1, 0.15) is 0 Å². The first-order chi connectivity index (χ1) is 4.86. The van der Waals surface area contributed by atoms with E-state index in [0.717, 1.165) is 19.4 Å². The SMILES string of the molecule is O=NN1CCCC(CO)C1. The van der Waals surface area contributed by atoms with Gasteiger partial charge in [0, 0.05) is 25.6 Å². The van der Waals surface area contributed by atoms with Gasteiger partial charge in [-0.05, 0) is 12.8 Å². The van der Waals surface area contributed by atoms with Crippen molar-refractivity contribution < 1.29 is 5.11 Å². The molecule has 1 heterocycles. The fraction of sp³-hybridized carbons (Fsp3) is 1.00. The summed E-state index contributed by atoms with van der Waals surface area (Å²) in [6.07, 6.45) is 1.99. The van der Waals surface area contributed by atoms with E-state index in [1.54, 1.807) is 0 Å². The second-order valence-corrected chi connectivity index (χ2v) is 2.69. The lowest BCUT2D eigenvalue weighted by molar-refractivity contribution is 0.122. The van der Waals surface area contributed by atoms with E-state index in [4.69, 9.17) is 5.11 Å². The van der Waals surface area contributed by atoms with Crippen molar-refractivity contribution in [3.05, 3.63) is 4.91 Å². The van der Waals surface area contributed by atoms with Crippen molar-refractivity contribution in [3.8, 4) is 0 Å². The monoisotopic (exact) mass is 144 g/mol. The second kappa shape index (κ2) is 3.51. The van der Waals surface area contributed by atoms with Crippen LogP contribution in [0.4, 0.5) is 0 Å². The second-order valence-electron chi connectivity index (χ2n) is 2.69. The number of hydrogen-bond donors (Lipinski definition) is 1. The molecule has 0 radical (unpaired) electrons. The molecule has 0 aliphatic carbocycles. The Morgan fingerprint density at radius 1 is 1.70 bits per heavy atom. The van der Waals surface area contributed by atoms with Gasteiger partial charge in [-0.15, -0.1) is 4.91 Å². The lowest BCUT2D eigenvalue weighted by atomic mass is 10.0. The van der Waals surface area contributed by atoms with Gasteiger partial charge < -0.3 is 5.11 Å². The molecule has 58 valence electrons. The van der Waals surface area contributed by atoms with E-state index in [9.17, 15) is 4.91 Å². The zero-order chi connectivity index (χ0) is 7.40. The van der Waals surface area contributed by atoms with Crippen LogP contribution >= 0.6 is 0 Å². The van der Waals surface area contributed by atoms with Crippen molar-refractivity contribution in [2.75, 3.05) is 19.7 Å². The van der Waals surface area contributed by atoms with Gasteiger partial charge in [0.05, 0.1) is 5.29 Å². The molecule has 10 heavy (non-hydrogen) atoms. The summed E-state index contributed by atoms with van der Waals surface area (Å²) in [6.45, 7) is 1.55. The summed E-state index contributed by atoms with van der Waals surface area (Å²) in [5, 5.41) is 13.0. The third-order valence-corrected chi connectivity index (χ3v) is 1.87. The Morgan fingerprint density at radius 2 is 2.50 bits per heavy atom. The molecular formula is C6H12N2O2. The van der Waals surface area contributed by atoms with E-state index < -0.39 is 0 Å². The average molecular weight is 144 g/mol. The highest BCUT2D eigenvalue weighted by Crippen LogP contribution is 2.15. The van der Waals surface area contributed by atoms with Gasteiger partial charge in [0.25, 0.3) is 0 Å². The summed E-state index contributed by atoms with van der Waals surface area (Å²) in [4.78, 5) is 10.0. The number of nitrogens with zero attached hydrogens (tertiary/aromatic N) is 2. The van der Waals surface area contributed by atoms with Crippen molar-refractivity contribution in [1.29, 1.82) is 0 Å². The lowest BCUT2D eigenvalue weighted by Crippen LogP contribution is -2.32. The third kappa shape index (κ3) is 1.67. The van der Waals surface area contributed by atoms with Crippen molar-refractivity contribution in [2.45, 2.75) is 12.8 Å². The van der Waals surface area contributed by atoms with Crippen molar-refractivity contribution in [2.24, 2.45) is 11.2 Å². The van der Waals surface area contributed by atoms with E-state index in [0.29, 0.717) is 6.54 Å². The molecule has 0 amide bonds. The van der Waals surface area contributed by atoms with E-state index in [1.165, 1.54) is 5.01 Å². The Hall–Kier alpha value is -0.640. The minimum absolute atomic E-state index is 0.173. The van der Waals surface area contributed by atoms with Crippen LogP contribution in [0.5, 0.6) is 0 Å². The summed E-state index contributed by atoms with van der Waals surface area (Å²) < 4.78 is 0. The summed E-state index contributed by atoms with van der Waals surface area (Å²) in [7, 11) is 0. The van der Waals surface area contributed by atoms with Crippen LogP contribution in [0, 0.1) is 10.8 Å². The molecule has 1 saturated heterocycles. The summed E-state index contributed by atoms with van der Waals surface area (Å²) >= 11 is 0. The van der Waals surface area contributed by atoms with Crippen LogP contribution in [-0.4, -0.2) is 29.8 Å². The number of aliphatic hydroxyl groups is 1. The zero-order valence-electron chi connectivity index (χ0n) is 5.86. The maximum atomic E-state index is 10.0. The Bertz CT molecular complexity index is 118. The minimum atomic E-state index is 0.173. The van der Waals surface area contributed by atoms with Crippen LogP contribution in [0.15, 0.2) is 5.29 Å². The van der Waals surface area contributed by atoms with E-state index >= 15 is 0 Å². The molecule has 4 heteroatoms. The average Bonchev–Trinajstić information content (AvgIpc) is 2.05. The third-order valence-electron chi connectivity index (χ3n) is 1.87. The molecule has 1 unspecified atom stereocenters. The summed E-state index contributed by atoms with van der Waals surface area (Å²) in [6, 6.07) is 0. The first-order valence-electron chi connectivity index (χ1n) is 3.56. The van der Waals surface area contributed by atoms with Crippen LogP contribution < -0.4 is 0 Å². The van der Waals surface area contributed by atoms with E-state index in [1.807, 2.05) is 0 Å². The van der Waals surface area contributed by atoms with Gasteiger partial charge in [0.15, 0.2) is 0 Å². The predicted octanol–water partition coefficient (Wildman–Crippen LogP) is 0.372. The minimum Gasteiger partial charge on any atom is -0.396 e. The number of nitroso groups, excluding NO2 is 1. The van der Waals surface area contributed by atoms with Gasteiger partial charge in [-0.25, -0.2) is 0 Å². The number of piperidine rings is 1. The summed E-state index contributed by atoms with van der Waals surface area (Å²) in [5.74, 6) is 0.256. The quantitative estimate of drug-likeness (QED) is 0.570. The molecule has 0 bridgehead atoms. The smallest absolute Gasteiger partial charge is 0.0524 e. The summed E-state index contributed by atoms with van der Waals surface area (Å²) in [5.41, 5.74) is 0. The van der Waals surface area contributed by atoms with Crippen LogP contribution in [0.3, 0.4) is 0 Å². The van der Waals surface area contributed by atoms with Crippen LogP contribution in [0.2, 0.25) is 0 Å². The molecule has 0 aromatic carbocycles. The number of aliphatic hydroxyl groups excluding tert-OH is 1. The molecule has 1 fully saturated rings. The van der Waals surface area contributed by atoms with Gasteiger partial charge in [0.2, 0.25) is 0 Å². The molecule has 4 nitrogen and oxygen atoms in total.